The summed E-state index contributed by atoms with van der Waals surface area (Å²) in [5.41, 5.74) is 0.868. The molecule has 0 saturated carbocycles. The topological polar surface area (TPSA) is 78.8 Å². The largest absolute Gasteiger partial charge is 0.353 e. The van der Waals surface area contributed by atoms with Crippen LogP contribution in [0.25, 0.3) is 10.9 Å². The maximum Gasteiger partial charge on any atom is 0.245 e. The number of fused-ring (bicyclic) bond motifs is 1. The third-order valence-electron chi connectivity index (χ3n) is 7.23. The second-order valence-corrected chi connectivity index (χ2v) is 11.4. The van der Waals surface area contributed by atoms with Gasteiger partial charge in [-0.3, -0.25) is 4.79 Å². The molecule has 9 heteroatoms. The van der Waals surface area contributed by atoms with Crippen molar-refractivity contribution in [3.63, 3.8) is 0 Å². The average Bonchev–Trinajstić information content (AvgIpc) is 3.11. The number of aromatic nitrogens is 2. The minimum absolute atomic E-state index is 0.0736. The van der Waals surface area contributed by atoms with E-state index in [0.29, 0.717) is 31.1 Å². The molecule has 1 atom stereocenters. The van der Waals surface area contributed by atoms with Gasteiger partial charge in [-0.2, -0.15) is 4.31 Å². The highest BCUT2D eigenvalue weighted by Crippen LogP contribution is 2.27. The van der Waals surface area contributed by atoms with Crippen molar-refractivity contribution in [2.75, 3.05) is 44.2 Å². The van der Waals surface area contributed by atoms with Crippen molar-refractivity contribution in [2.45, 2.75) is 43.5 Å². The first-order valence-electron chi connectivity index (χ1n) is 12.5. The van der Waals surface area contributed by atoms with Crippen LogP contribution in [0.4, 0.5) is 5.82 Å². The fraction of sp³-hybridized carbons (Fsp3) is 0.462. The smallest absolute Gasteiger partial charge is 0.245 e. The molecule has 0 N–H and O–H groups in total. The number of anilines is 1. The minimum Gasteiger partial charge on any atom is -0.353 e. The Balaban J connectivity index is 1.30. The van der Waals surface area contributed by atoms with Crippen LogP contribution in [0, 0.1) is 0 Å². The van der Waals surface area contributed by atoms with E-state index in [2.05, 4.69) is 9.88 Å². The van der Waals surface area contributed by atoms with Gasteiger partial charge >= 0.3 is 0 Å². The molecule has 4 heterocycles. The number of benzene rings is 1. The predicted octanol–water partition coefficient (Wildman–Crippen LogP) is 3.51. The third kappa shape index (κ3) is 4.79. The van der Waals surface area contributed by atoms with Crippen molar-refractivity contribution in [2.24, 2.45) is 0 Å². The van der Waals surface area contributed by atoms with Crippen LogP contribution < -0.4 is 4.90 Å². The molecule has 2 aliphatic heterocycles. The summed E-state index contributed by atoms with van der Waals surface area (Å²) < 4.78 is 30.0. The number of piperazine rings is 1. The zero-order valence-electron chi connectivity index (χ0n) is 20.2. The van der Waals surface area contributed by atoms with E-state index in [1.165, 1.54) is 0 Å². The van der Waals surface area contributed by atoms with E-state index in [1.54, 1.807) is 22.6 Å². The molecule has 0 radical (unpaired) electrons. The first kappa shape index (κ1) is 23.8. The maximum atomic E-state index is 13.3. The highest BCUT2D eigenvalue weighted by Gasteiger charge is 2.28. The number of carbonyl (C=O) groups is 1. The van der Waals surface area contributed by atoms with E-state index in [1.807, 2.05) is 52.9 Å². The Morgan fingerprint density at radius 2 is 1.66 bits per heavy atom. The Morgan fingerprint density at radius 1 is 0.914 bits per heavy atom. The van der Waals surface area contributed by atoms with Gasteiger partial charge in [-0.05, 0) is 56.2 Å². The lowest BCUT2D eigenvalue weighted by molar-refractivity contribution is -0.134. The van der Waals surface area contributed by atoms with Gasteiger partial charge in [-0.1, -0.05) is 18.9 Å². The Bertz CT molecular complexity index is 1270. The summed E-state index contributed by atoms with van der Waals surface area (Å²) in [5.74, 6) is 1.01. The lowest BCUT2D eigenvalue weighted by Gasteiger charge is -2.36. The second-order valence-electron chi connectivity index (χ2n) is 9.44. The van der Waals surface area contributed by atoms with Crippen LogP contribution in [-0.2, 0) is 14.8 Å². The Morgan fingerprint density at radius 3 is 2.34 bits per heavy atom. The number of carbonyl (C=O) groups excluding carboxylic acids is 1. The number of rotatable bonds is 5. The summed E-state index contributed by atoms with van der Waals surface area (Å²) in [7, 11) is -3.51. The quantitative estimate of drug-likeness (QED) is 0.541. The van der Waals surface area contributed by atoms with Crippen molar-refractivity contribution >= 4 is 32.7 Å². The monoisotopic (exact) mass is 495 g/mol. The highest BCUT2D eigenvalue weighted by atomic mass is 32.2. The highest BCUT2D eigenvalue weighted by molar-refractivity contribution is 7.89. The molecule has 0 aliphatic carbocycles. The van der Waals surface area contributed by atoms with E-state index in [-0.39, 0.29) is 11.9 Å². The molecule has 35 heavy (non-hydrogen) atoms. The summed E-state index contributed by atoms with van der Waals surface area (Å²) >= 11 is 0. The molecule has 3 aromatic rings. The summed E-state index contributed by atoms with van der Waals surface area (Å²) in [6, 6.07) is 12.7. The number of hydrogen-bond acceptors (Lipinski definition) is 5. The fourth-order valence-electron chi connectivity index (χ4n) is 5.15. The first-order valence-corrected chi connectivity index (χ1v) is 13.9. The van der Waals surface area contributed by atoms with Gasteiger partial charge in [0.05, 0.1) is 4.90 Å². The van der Waals surface area contributed by atoms with Crippen molar-refractivity contribution in [1.29, 1.82) is 0 Å². The van der Waals surface area contributed by atoms with Crippen molar-refractivity contribution < 1.29 is 13.2 Å². The molecular weight excluding hydrogens is 462 g/mol. The van der Waals surface area contributed by atoms with E-state index < -0.39 is 10.0 Å². The molecule has 2 saturated heterocycles. The van der Waals surface area contributed by atoms with Crippen LogP contribution in [0.2, 0.25) is 0 Å². The molecule has 1 amide bonds. The maximum absolute atomic E-state index is 13.3. The number of amides is 1. The van der Waals surface area contributed by atoms with Crippen molar-refractivity contribution in [3.05, 3.63) is 54.9 Å². The normalized spacial score (nSPS) is 19.0. The van der Waals surface area contributed by atoms with Gasteiger partial charge in [0.1, 0.15) is 11.9 Å². The van der Waals surface area contributed by atoms with E-state index in [9.17, 15) is 13.2 Å². The second kappa shape index (κ2) is 9.99. The Hall–Kier alpha value is -2.91. The van der Waals surface area contributed by atoms with Crippen LogP contribution >= 0.6 is 0 Å². The molecule has 0 bridgehead atoms. The average molecular weight is 496 g/mol. The molecule has 8 nitrogen and oxygen atoms in total. The third-order valence-corrected chi connectivity index (χ3v) is 9.13. The van der Waals surface area contributed by atoms with Crippen LogP contribution in [-0.4, -0.2) is 72.3 Å². The van der Waals surface area contributed by atoms with Crippen LogP contribution in [0.15, 0.2) is 59.8 Å². The summed E-state index contributed by atoms with van der Waals surface area (Å²) in [4.78, 5) is 22.2. The molecule has 2 fully saturated rings. The van der Waals surface area contributed by atoms with E-state index in [4.69, 9.17) is 0 Å². The number of pyridine rings is 1. The van der Waals surface area contributed by atoms with E-state index >= 15 is 0 Å². The van der Waals surface area contributed by atoms with Gasteiger partial charge in [0.25, 0.3) is 0 Å². The molecule has 1 aromatic carbocycles. The molecule has 2 aliphatic rings. The molecule has 0 spiro atoms. The van der Waals surface area contributed by atoms with Gasteiger partial charge in [-0.15, -0.1) is 0 Å². The van der Waals surface area contributed by atoms with Crippen LogP contribution in [0.5, 0.6) is 0 Å². The lowest BCUT2D eigenvalue weighted by atomic mass is 10.2. The minimum atomic E-state index is -3.51. The SMILES string of the molecule is CC(C(=O)N1CCN(c2ccccn2)CC1)n1ccc2cc(S(=O)(=O)N3CCCCCC3)ccc21. The van der Waals surface area contributed by atoms with Crippen molar-refractivity contribution in [1.82, 2.24) is 18.8 Å². The van der Waals surface area contributed by atoms with Gasteiger partial charge in [0, 0.05) is 62.6 Å². The molecule has 5 rings (SSSR count). The molecule has 2 aromatic heterocycles. The van der Waals surface area contributed by atoms with Crippen molar-refractivity contribution in [3.8, 4) is 0 Å². The zero-order valence-corrected chi connectivity index (χ0v) is 21.0. The van der Waals surface area contributed by atoms with Crippen LogP contribution in [0.1, 0.15) is 38.6 Å². The molecule has 186 valence electrons. The number of nitrogens with zero attached hydrogens (tertiary/aromatic N) is 5. The Labute approximate surface area is 207 Å². The van der Waals surface area contributed by atoms with Gasteiger partial charge in [-0.25, -0.2) is 13.4 Å². The number of sulfonamides is 1. The zero-order chi connectivity index (χ0) is 24.4. The number of hydrogen-bond donors (Lipinski definition) is 0. The van der Waals surface area contributed by atoms with Gasteiger partial charge < -0.3 is 14.4 Å². The van der Waals surface area contributed by atoms with Gasteiger partial charge in [0.2, 0.25) is 15.9 Å². The predicted molar refractivity (Wildman–Crippen MR) is 137 cm³/mol. The summed E-state index contributed by atoms with van der Waals surface area (Å²) in [6.45, 7) is 5.88. The fourth-order valence-corrected chi connectivity index (χ4v) is 6.70. The van der Waals surface area contributed by atoms with Gasteiger partial charge in [0.15, 0.2) is 0 Å². The first-order chi connectivity index (χ1) is 16.9. The van der Waals surface area contributed by atoms with Crippen LogP contribution in [0.3, 0.4) is 0 Å². The van der Waals surface area contributed by atoms with E-state index in [0.717, 1.165) is 55.5 Å². The Kier molecular flexibility index (Phi) is 6.80. The molecular formula is C26H33N5O3S. The molecule has 1 unspecified atom stereocenters. The summed E-state index contributed by atoms with van der Waals surface area (Å²) in [6.07, 6.45) is 7.66. The summed E-state index contributed by atoms with van der Waals surface area (Å²) in [5, 5.41) is 0.834. The standard InChI is InChI=1S/C26H33N5O3S/c1-21(26(32)29-18-16-28(17-19-29)25-8-4-5-12-27-25)31-15-11-22-20-23(9-10-24(22)31)35(33,34)30-13-6-2-3-7-14-30/h4-5,8-12,15,20-21H,2-3,6-7,13-14,16-19H2,1H3. The lowest BCUT2D eigenvalue weighted by Crippen LogP contribution is -2.50.